The Morgan fingerprint density at radius 2 is 1.71 bits per heavy atom. The molecular formula is C18H24N2O. The van der Waals surface area contributed by atoms with Gasteiger partial charge in [-0.2, -0.15) is 0 Å². The number of anilines is 2. The third-order valence-electron chi connectivity index (χ3n) is 3.57. The van der Waals surface area contributed by atoms with Crippen LogP contribution in [0.5, 0.6) is 0 Å². The number of hydrogen-bond donors (Lipinski definition) is 2. The molecule has 2 N–H and O–H groups in total. The van der Waals surface area contributed by atoms with E-state index in [0.29, 0.717) is 6.54 Å². The second-order valence-corrected chi connectivity index (χ2v) is 5.01. The van der Waals surface area contributed by atoms with E-state index < -0.39 is 0 Å². The van der Waals surface area contributed by atoms with Crippen LogP contribution in [-0.4, -0.2) is 31.3 Å². The molecule has 0 aliphatic heterocycles. The van der Waals surface area contributed by atoms with Gasteiger partial charge in [0.25, 0.3) is 0 Å². The molecule has 0 aliphatic carbocycles. The first-order valence-electron chi connectivity index (χ1n) is 7.57. The molecule has 2 aromatic rings. The Balaban J connectivity index is 1.84. The molecule has 0 atom stereocenters. The van der Waals surface area contributed by atoms with Gasteiger partial charge in [0.15, 0.2) is 0 Å². The van der Waals surface area contributed by atoms with Gasteiger partial charge in [-0.25, -0.2) is 0 Å². The minimum atomic E-state index is 0.185. The van der Waals surface area contributed by atoms with E-state index in [4.69, 9.17) is 5.11 Å². The first-order chi connectivity index (χ1) is 10.3. The average molecular weight is 284 g/mol. The minimum Gasteiger partial charge on any atom is -0.395 e. The van der Waals surface area contributed by atoms with Crippen LogP contribution in [0.15, 0.2) is 54.6 Å². The predicted molar refractivity (Wildman–Crippen MR) is 90.1 cm³/mol. The lowest BCUT2D eigenvalue weighted by Crippen LogP contribution is -2.25. The number of aliphatic hydroxyl groups excluding tert-OH is 1. The summed E-state index contributed by atoms with van der Waals surface area (Å²) >= 11 is 0. The summed E-state index contributed by atoms with van der Waals surface area (Å²) in [6.07, 6.45) is 1.02. The molecule has 3 nitrogen and oxygen atoms in total. The predicted octanol–water partition coefficient (Wildman–Crippen LogP) is 3.16. The Bertz CT molecular complexity index is 511. The fourth-order valence-corrected chi connectivity index (χ4v) is 2.38. The monoisotopic (exact) mass is 284 g/mol. The molecule has 0 amide bonds. The highest BCUT2D eigenvalue weighted by molar-refractivity contribution is 5.55. The number of nitrogens with zero attached hydrogens (tertiary/aromatic N) is 1. The van der Waals surface area contributed by atoms with Crippen LogP contribution in [0.1, 0.15) is 12.5 Å². The maximum atomic E-state index is 9.05. The van der Waals surface area contributed by atoms with Crippen LogP contribution >= 0.6 is 0 Å². The van der Waals surface area contributed by atoms with E-state index in [2.05, 4.69) is 65.7 Å². The number of benzene rings is 2. The third kappa shape index (κ3) is 4.80. The van der Waals surface area contributed by atoms with E-state index in [-0.39, 0.29) is 6.61 Å². The number of aliphatic hydroxyl groups is 1. The summed E-state index contributed by atoms with van der Waals surface area (Å²) in [6, 6.07) is 18.9. The van der Waals surface area contributed by atoms with Gasteiger partial charge >= 0.3 is 0 Å². The Labute approximate surface area is 127 Å². The Kier molecular flexibility index (Phi) is 6.10. The van der Waals surface area contributed by atoms with Crippen LogP contribution in [0.2, 0.25) is 0 Å². The molecule has 0 heterocycles. The zero-order valence-electron chi connectivity index (χ0n) is 12.6. The van der Waals surface area contributed by atoms with Gasteiger partial charge in [0.1, 0.15) is 0 Å². The molecule has 112 valence electrons. The second-order valence-electron chi connectivity index (χ2n) is 5.01. The number of hydrogen-bond acceptors (Lipinski definition) is 3. The van der Waals surface area contributed by atoms with Gasteiger partial charge in [0, 0.05) is 31.0 Å². The molecule has 3 heteroatoms. The zero-order valence-corrected chi connectivity index (χ0v) is 12.6. The van der Waals surface area contributed by atoms with Gasteiger partial charge in [-0.15, -0.1) is 0 Å². The highest BCUT2D eigenvalue weighted by atomic mass is 16.3. The highest BCUT2D eigenvalue weighted by Crippen LogP contribution is 2.17. The molecular weight excluding hydrogens is 260 g/mol. The molecule has 21 heavy (non-hydrogen) atoms. The van der Waals surface area contributed by atoms with Crippen molar-refractivity contribution in [2.45, 2.75) is 13.3 Å². The summed E-state index contributed by atoms with van der Waals surface area (Å²) in [5.74, 6) is 0. The number of likely N-dealkylation sites (N-methyl/N-ethyl adjacent to an activating group) is 1. The standard InChI is InChI=1S/C18H24N2O/c1-2-20(14-15-21)18-10-8-17(9-11-18)19-13-12-16-6-4-3-5-7-16/h3-11,19,21H,2,12-15H2,1H3. The van der Waals surface area contributed by atoms with Crippen molar-refractivity contribution in [3.63, 3.8) is 0 Å². The molecule has 0 fully saturated rings. The van der Waals surface area contributed by atoms with Crippen molar-refractivity contribution in [3.8, 4) is 0 Å². The zero-order chi connectivity index (χ0) is 14.9. The van der Waals surface area contributed by atoms with E-state index in [9.17, 15) is 0 Å². The Morgan fingerprint density at radius 3 is 2.33 bits per heavy atom. The quantitative estimate of drug-likeness (QED) is 0.781. The molecule has 2 rings (SSSR count). The van der Waals surface area contributed by atoms with Crippen molar-refractivity contribution >= 4 is 11.4 Å². The van der Waals surface area contributed by atoms with Crippen LogP contribution in [0.25, 0.3) is 0 Å². The molecule has 0 unspecified atom stereocenters. The Morgan fingerprint density at radius 1 is 1.00 bits per heavy atom. The first kappa shape index (κ1) is 15.4. The maximum Gasteiger partial charge on any atom is 0.0606 e. The largest absolute Gasteiger partial charge is 0.395 e. The highest BCUT2D eigenvalue weighted by Gasteiger charge is 2.03. The molecule has 0 radical (unpaired) electrons. The molecule has 0 saturated carbocycles. The van der Waals surface area contributed by atoms with Crippen molar-refractivity contribution < 1.29 is 5.11 Å². The van der Waals surface area contributed by atoms with Crippen molar-refractivity contribution in [1.82, 2.24) is 0 Å². The molecule has 0 aromatic heterocycles. The van der Waals surface area contributed by atoms with E-state index in [1.54, 1.807) is 0 Å². The molecule has 2 aromatic carbocycles. The lowest BCUT2D eigenvalue weighted by atomic mass is 10.1. The molecule has 0 spiro atoms. The van der Waals surface area contributed by atoms with Crippen LogP contribution in [0.4, 0.5) is 11.4 Å². The van der Waals surface area contributed by atoms with E-state index >= 15 is 0 Å². The van der Waals surface area contributed by atoms with E-state index in [0.717, 1.165) is 30.9 Å². The first-order valence-corrected chi connectivity index (χ1v) is 7.57. The molecule has 0 saturated heterocycles. The van der Waals surface area contributed by atoms with Gasteiger partial charge in [0.05, 0.1) is 6.61 Å². The summed E-state index contributed by atoms with van der Waals surface area (Å²) in [7, 11) is 0. The van der Waals surface area contributed by atoms with Gasteiger partial charge in [-0.3, -0.25) is 0 Å². The van der Waals surface area contributed by atoms with Crippen molar-refractivity contribution in [2.24, 2.45) is 0 Å². The van der Waals surface area contributed by atoms with Crippen molar-refractivity contribution in [3.05, 3.63) is 60.2 Å². The smallest absolute Gasteiger partial charge is 0.0606 e. The summed E-state index contributed by atoms with van der Waals surface area (Å²) in [6.45, 7) is 4.79. The van der Waals surface area contributed by atoms with Crippen LogP contribution in [0, 0.1) is 0 Å². The molecule has 0 bridgehead atoms. The van der Waals surface area contributed by atoms with Crippen LogP contribution < -0.4 is 10.2 Å². The minimum absolute atomic E-state index is 0.185. The SMILES string of the molecule is CCN(CCO)c1ccc(NCCc2ccccc2)cc1. The van der Waals surface area contributed by atoms with Crippen LogP contribution in [0.3, 0.4) is 0 Å². The number of nitrogens with one attached hydrogen (secondary N) is 1. The fourth-order valence-electron chi connectivity index (χ4n) is 2.38. The summed E-state index contributed by atoms with van der Waals surface area (Å²) in [5, 5.41) is 12.5. The average Bonchev–Trinajstić information content (AvgIpc) is 2.54. The third-order valence-corrected chi connectivity index (χ3v) is 3.57. The normalized spacial score (nSPS) is 10.4. The lowest BCUT2D eigenvalue weighted by Gasteiger charge is -2.22. The summed E-state index contributed by atoms with van der Waals surface area (Å²) < 4.78 is 0. The van der Waals surface area contributed by atoms with Gasteiger partial charge in [0.2, 0.25) is 0 Å². The topological polar surface area (TPSA) is 35.5 Å². The molecule has 0 aliphatic rings. The summed E-state index contributed by atoms with van der Waals surface area (Å²) in [5.41, 5.74) is 3.64. The fraction of sp³-hybridized carbons (Fsp3) is 0.333. The van der Waals surface area contributed by atoms with Gasteiger partial charge < -0.3 is 15.3 Å². The maximum absolute atomic E-state index is 9.05. The van der Waals surface area contributed by atoms with E-state index in [1.807, 2.05) is 6.07 Å². The summed E-state index contributed by atoms with van der Waals surface area (Å²) in [4.78, 5) is 2.16. The van der Waals surface area contributed by atoms with E-state index in [1.165, 1.54) is 5.56 Å². The lowest BCUT2D eigenvalue weighted by molar-refractivity contribution is 0.302. The van der Waals surface area contributed by atoms with Crippen molar-refractivity contribution in [1.29, 1.82) is 0 Å². The van der Waals surface area contributed by atoms with Gasteiger partial charge in [-0.1, -0.05) is 30.3 Å². The number of rotatable bonds is 8. The van der Waals surface area contributed by atoms with Gasteiger partial charge in [-0.05, 0) is 43.2 Å². The second kappa shape index (κ2) is 8.32. The van der Waals surface area contributed by atoms with Crippen LogP contribution in [-0.2, 0) is 6.42 Å². The Hall–Kier alpha value is -2.00. The van der Waals surface area contributed by atoms with Crippen molar-refractivity contribution in [2.75, 3.05) is 36.5 Å².